The van der Waals surface area contributed by atoms with Gasteiger partial charge in [0.1, 0.15) is 5.52 Å². The number of rotatable bonds is 1. The van der Waals surface area contributed by atoms with Gasteiger partial charge in [-0.05, 0) is 25.5 Å². The predicted molar refractivity (Wildman–Crippen MR) is 61.5 cm³/mol. The second kappa shape index (κ2) is 3.22. The van der Waals surface area contributed by atoms with Crippen LogP contribution in [-0.4, -0.2) is 28.8 Å². The Balaban J connectivity index is 1.95. The van der Waals surface area contributed by atoms with Crippen LogP contribution in [-0.2, 0) is 0 Å². The number of benzene rings is 1. The molecule has 84 valence electrons. The summed E-state index contributed by atoms with van der Waals surface area (Å²) in [5.74, 6) is 0. The van der Waals surface area contributed by atoms with Crippen LogP contribution in [0.5, 0.6) is 0 Å². The highest BCUT2D eigenvalue weighted by molar-refractivity contribution is 5.74. The van der Waals surface area contributed by atoms with E-state index in [-0.39, 0.29) is 0 Å². The van der Waals surface area contributed by atoms with E-state index in [1.807, 2.05) is 36.1 Å². The number of hydrogen-bond acceptors (Lipinski definition) is 4. The molecular formula is C12H14N2O2. The number of hydrogen-bond donors (Lipinski definition) is 1. The molecule has 0 aliphatic carbocycles. The van der Waals surface area contributed by atoms with Crippen LogP contribution in [0.4, 0.5) is 6.01 Å². The van der Waals surface area contributed by atoms with Crippen molar-refractivity contribution >= 4 is 17.1 Å². The molecule has 0 bridgehead atoms. The lowest BCUT2D eigenvalue weighted by atomic mass is 10.1. The second-order valence-electron chi connectivity index (χ2n) is 4.63. The molecule has 1 fully saturated rings. The van der Waals surface area contributed by atoms with E-state index in [4.69, 9.17) is 4.42 Å². The minimum atomic E-state index is -0.624. The lowest BCUT2D eigenvalue weighted by molar-refractivity contribution is 0.0836. The first-order valence-corrected chi connectivity index (χ1v) is 5.47. The monoisotopic (exact) mass is 218 g/mol. The van der Waals surface area contributed by atoms with Crippen molar-refractivity contribution in [3.8, 4) is 0 Å². The van der Waals surface area contributed by atoms with Crippen LogP contribution in [0.25, 0.3) is 11.1 Å². The van der Waals surface area contributed by atoms with E-state index in [1.54, 1.807) is 0 Å². The molecule has 4 heteroatoms. The number of nitrogens with zero attached hydrogens (tertiary/aromatic N) is 2. The molecule has 4 nitrogen and oxygen atoms in total. The summed E-state index contributed by atoms with van der Waals surface area (Å²) in [7, 11) is 0. The SMILES string of the molecule is CC1(O)CCN(c2nc3ccccc3o2)C1. The van der Waals surface area contributed by atoms with Gasteiger partial charge in [0, 0.05) is 6.54 Å². The van der Waals surface area contributed by atoms with Gasteiger partial charge in [0.2, 0.25) is 0 Å². The van der Waals surface area contributed by atoms with Crippen LogP contribution < -0.4 is 4.90 Å². The maximum Gasteiger partial charge on any atom is 0.298 e. The van der Waals surface area contributed by atoms with Crippen molar-refractivity contribution in [2.45, 2.75) is 18.9 Å². The first-order chi connectivity index (χ1) is 7.64. The molecule has 2 heterocycles. The molecule has 3 rings (SSSR count). The smallest absolute Gasteiger partial charge is 0.298 e. The summed E-state index contributed by atoms with van der Waals surface area (Å²) < 4.78 is 5.65. The highest BCUT2D eigenvalue weighted by Crippen LogP contribution is 2.28. The van der Waals surface area contributed by atoms with Crippen molar-refractivity contribution in [1.29, 1.82) is 0 Å². The van der Waals surface area contributed by atoms with Crippen LogP contribution in [0, 0.1) is 0 Å². The molecular weight excluding hydrogens is 204 g/mol. The van der Waals surface area contributed by atoms with Crippen molar-refractivity contribution in [3.63, 3.8) is 0 Å². The molecule has 0 radical (unpaired) electrons. The van der Waals surface area contributed by atoms with E-state index in [0.717, 1.165) is 24.1 Å². The lowest BCUT2D eigenvalue weighted by Gasteiger charge is -2.16. The van der Waals surface area contributed by atoms with Crippen LogP contribution >= 0.6 is 0 Å². The number of para-hydroxylation sites is 2. The Morgan fingerprint density at radius 2 is 2.25 bits per heavy atom. The summed E-state index contributed by atoms with van der Waals surface area (Å²) in [5, 5.41) is 9.89. The topological polar surface area (TPSA) is 49.5 Å². The molecule has 16 heavy (non-hydrogen) atoms. The van der Waals surface area contributed by atoms with Gasteiger partial charge in [0.25, 0.3) is 6.01 Å². The average Bonchev–Trinajstić information content (AvgIpc) is 2.80. The molecule has 2 aromatic rings. The fourth-order valence-electron chi connectivity index (χ4n) is 2.10. The van der Waals surface area contributed by atoms with Crippen molar-refractivity contribution in [1.82, 2.24) is 4.98 Å². The Morgan fingerprint density at radius 1 is 1.44 bits per heavy atom. The van der Waals surface area contributed by atoms with Gasteiger partial charge < -0.3 is 14.4 Å². The van der Waals surface area contributed by atoms with Crippen LogP contribution in [0.2, 0.25) is 0 Å². The molecule has 1 saturated heterocycles. The lowest BCUT2D eigenvalue weighted by Crippen LogP contribution is -2.29. The predicted octanol–water partition coefficient (Wildman–Crippen LogP) is 1.79. The summed E-state index contributed by atoms with van der Waals surface area (Å²) in [6.45, 7) is 3.22. The Bertz CT molecular complexity index is 485. The maximum atomic E-state index is 9.89. The highest BCUT2D eigenvalue weighted by Gasteiger charge is 2.33. The number of β-amino-alcohol motifs (C(OH)–C–C–N with tert-alkyl or cyclic N) is 1. The zero-order chi connectivity index (χ0) is 11.2. The number of fused-ring (bicyclic) bond motifs is 1. The quantitative estimate of drug-likeness (QED) is 0.792. The number of aromatic nitrogens is 1. The molecule has 0 saturated carbocycles. The summed E-state index contributed by atoms with van der Waals surface area (Å²) in [5.41, 5.74) is 1.04. The molecule has 1 aromatic carbocycles. The number of anilines is 1. The molecule has 1 aliphatic heterocycles. The van der Waals surface area contributed by atoms with Gasteiger partial charge in [0.05, 0.1) is 12.1 Å². The fourth-order valence-corrected chi connectivity index (χ4v) is 2.10. The molecule has 0 spiro atoms. The molecule has 1 atom stereocenters. The molecule has 0 amide bonds. The largest absolute Gasteiger partial charge is 0.423 e. The van der Waals surface area contributed by atoms with E-state index >= 15 is 0 Å². The number of aliphatic hydroxyl groups is 1. The van der Waals surface area contributed by atoms with Gasteiger partial charge in [-0.1, -0.05) is 12.1 Å². The maximum absolute atomic E-state index is 9.89. The van der Waals surface area contributed by atoms with E-state index in [9.17, 15) is 5.11 Å². The van der Waals surface area contributed by atoms with Gasteiger partial charge in [-0.3, -0.25) is 0 Å². The van der Waals surface area contributed by atoms with Crippen LogP contribution in [0.1, 0.15) is 13.3 Å². The average molecular weight is 218 g/mol. The Kier molecular flexibility index (Phi) is 1.94. The Hall–Kier alpha value is -1.55. The summed E-state index contributed by atoms with van der Waals surface area (Å²) in [6, 6.07) is 8.31. The van der Waals surface area contributed by atoms with Crippen LogP contribution in [0.15, 0.2) is 28.7 Å². The van der Waals surface area contributed by atoms with Crippen molar-refractivity contribution in [2.24, 2.45) is 0 Å². The standard InChI is InChI=1S/C12H14N2O2/c1-12(15)6-7-14(8-12)11-13-9-4-2-3-5-10(9)16-11/h2-5,15H,6-8H2,1H3. The van der Waals surface area contributed by atoms with Gasteiger partial charge in [-0.25, -0.2) is 0 Å². The van der Waals surface area contributed by atoms with E-state index in [0.29, 0.717) is 12.6 Å². The van der Waals surface area contributed by atoms with E-state index in [2.05, 4.69) is 4.98 Å². The summed E-state index contributed by atoms with van der Waals surface area (Å²) in [4.78, 5) is 6.39. The zero-order valence-electron chi connectivity index (χ0n) is 9.18. The summed E-state index contributed by atoms with van der Waals surface area (Å²) >= 11 is 0. The van der Waals surface area contributed by atoms with Crippen molar-refractivity contribution in [3.05, 3.63) is 24.3 Å². The van der Waals surface area contributed by atoms with E-state index < -0.39 is 5.60 Å². The number of oxazole rings is 1. The first-order valence-electron chi connectivity index (χ1n) is 5.47. The van der Waals surface area contributed by atoms with E-state index in [1.165, 1.54) is 0 Å². The normalized spacial score (nSPS) is 25.5. The highest BCUT2D eigenvalue weighted by atomic mass is 16.4. The third-order valence-corrected chi connectivity index (χ3v) is 3.00. The van der Waals surface area contributed by atoms with Crippen LogP contribution in [0.3, 0.4) is 0 Å². The molecule has 1 aromatic heterocycles. The van der Waals surface area contributed by atoms with Gasteiger partial charge in [0.15, 0.2) is 5.58 Å². The van der Waals surface area contributed by atoms with Gasteiger partial charge in [-0.2, -0.15) is 4.98 Å². The zero-order valence-corrected chi connectivity index (χ0v) is 9.18. The van der Waals surface area contributed by atoms with Crippen molar-refractivity contribution < 1.29 is 9.52 Å². The Labute approximate surface area is 93.5 Å². The fraction of sp³-hybridized carbons (Fsp3) is 0.417. The Morgan fingerprint density at radius 3 is 2.94 bits per heavy atom. The molecule has 1 aliphatic rings. The minimum absolute atomic E-state index is 0.583. The minimum Gasteiger partial charge on any atom is -0.423 e. The third-order valence-electron chi connectivity index (χ3n) is 3.00. The molecule has 1 N–H and O–H groups in total. The van der Waals surface area contributed by atoms with Crippen molar-refractivity contribution in [2.75, 3.05) is 18.0 Å². The van der Waals surface area contributed by atoms with Gasteiger partial charge >= 0.3 is 0 Å². The molecule has 1 unspecified atom stereocenters. The second-order valence-corrected chi connectivity index (χ2v) is 4.63. The first kappa shape index (κ1) is 9.66. The van der Waals surface area contributed by atoms with Gasteiger partial charge in [-0.15, -0.1) is 0 Å². The third kappa shape index (κ3) is 1.55. The summed E-state index contributed by atoms with van der Waals surface area (Å²) in [6.07, 6.45) is 0.756.